The van der Waals surface area contributed by atoms with Crippen LogP contribution in [0.1, 0.15) is 37.0 Å². The van der Waals surface area contributed by atoms with E-state index in [1.165, 1.54) is 11.8 Å². The van der Waals surface area contributed by atoms with Gasteiger partial charge < -0.3 is 19.7 Å². The van der Waals surface area contributed by atoms with Gasteiger partial charge in [-0.2, -0.15) is 0 Å². The number of carbonyl (C=O) groups is 2. The van der Waals surface area contributed by atoms with Crippen molar-refractivity contribution in [1.29, 1.82) is 0 Å². The molecule has 0 unspecified atom stereocenters. The van der Waals surface area contributed by atoms with Crippen molar-refractivity contribution in [2.24, 2.45) is 0 Å². The third-order valence-corrected chi connectivity index (χ3v) is 8.79. The molecule has 0 aromatic heterocycles. The maximum absolute atomic E-state index is 14.3. The molecule has 1 N–H and O–H groups in total. The van der Waals surface area contributed by atoms with Crippen LogP contribution in [-0.4, -0.2) is 63.2 Å². The van der Waals surface area contributed by atoms with Crippen LogP contribution in [0.4, 0.5) is 5.69 Å². The summed E-state index contributed by atoms with van der Waals surface area (Å²) in [7, 11) is -3.88. The van der Waals surface area contributed by atoms with Crippen molar-refractivity contribution < 1.29 is 27.5 Å². The van der Waals surface area contributed by atoms with Gasteiger partial charge >= 0.3 is 0 Å². The van der Waals surface area contributed by atoms with Gasteiger partial charge in [0.25, 0.3) is 0 Å². The first-order valence-corrected chi connectivity index (χ1v) is 15.9. The molecular formula is C32H39N3O6S. The first-order chi connectivity index (χ1) is 20.2. The number of aryl methyl sites for hydroxylation is 1. The fourth-order valence-electron chi connectivity index (χ4n) is 4.83. The topological polar surface area (TPSA) is 105 Å². The van der Waals surface area contributed by atoms with E-state index in [-0.39, 0.29) is 24.6 Å². The van der Waals surface area contributed by atoms with Gasteiger partial charge in [0.1, 0.15) is 25.8 Å². The van der Waals surface area contributed by atoms with Crippen LogP contribution in [0, 0.1) is 6.92 Å². The molecule has 4 rings (SSSR count). The fraction of sp³-hybridized carbons (Fsp3) is 0.375. The largest absolute Gasteiger partial charge is 0.486 e. The van der Waals surface area contributed by atoms with Gasteiger partial charge in [-0.25, -0.2) is 8.42 Å². The Balaban J connectivity index is 1.74. The Morgan fingerprint density at radius 3 is 2.31 bits per heavy atom. The van der Waals surface area contributed by atoms with Crippen LogP contribution in [0.3, 0.4) is 0 Å². The lowest BCUT2D eigenvalue weighted by Gasteiger charge is -2.34. The van der Waals surface area contributed by atoms with Crippen LogP contribution in [0.5, 0.6) is 11.5 Å². The molecule has 10 heteroatoms. The Hall–Kier alpha value is -4.05. The smallest absolute Gasteiger partial charge is 0.244 e. The van der Waals surface area contributed by atoms with Gasteiger partial charge in [-0.3, -0.25) is 13.9 Å². The van der Waals surface area contributed by atoms with E-state index in [4.69, 9.17) is 9.47 Å². The summed E-state index contributed by atoms with van der Waals surface area (Å²) >= 11 is 0. The van der Waals surface area contributed by atoms with Crippen LogP contribution >= 0.6 is 0 Å². The summed E-state index contributed by atoms with van der Waals surface area (Å²) < 4.78 is 39.1. The number of fused-ring (bicyclic) bond motifs is 1. The summed E-state index contributed by atoms with van der Waals surface area (Å²) in [5.74, 6) is -0.0551. The maximum atomic E-state index is 14.3. The van der Waals surface area contributed by atoms with E-state index in [0.717, 1.165) is 27.4 Å². The molecule has 1 aliphatic heterocycles. The molecule has 0 saturated carbocycles. The molecule has 9 nitrogen and oxygen atoms in total. The lowest BCUT2D eigenvalue weighted by Crippen LogP contribution is -2.53. The summed E-state index contributed by atoms with van der Waals surface area (Å²) in [4.78, 5) is 29.4. The highest BCUT2D eigenvalue weighted by Gasteiger charge is 2.34. The minimum Gasteiger partial charge on any atom is -0.486 e. The number of carbonyl (C=O) groups excluding carboxylic acids is 2. The predicted molar refractivity (Wildman–Crippen MR) is 163 cm³/mol. The number of nitrogens with one attached hydrogen (secondary N) is 1. The number of hydrogen-bond donors (Lipinski definition) is 1. The summed E-state index contributed by atoms with van der Waals surface area (Å²) in [5.41, 5.74) is 3.04. The molecule has 0 fully saturated rings. The van der Waals surface area contributed by atoms with Crippen LogP contribution in [-0.2, 0) is 32.6 Å². The summed E-state index contributed by atoms with van der Waals surface area (Å²) in [6.45, 7) is 6.32. The van der Waals surface area contributed by atoms with Gasteiger partial charge in [0, 0.05) is 25.6 Å². The molecular weight excluding hydrogens is 554 g/mol. The summed E-state index contributed by atoms with van der Waals surface area (Å²) in [6.07, 6.45) is 1.01. The number of rotatable bonds is 13. The van der Waals surface area contributed by atoms with E-state index in [9.17, 15) is 18.0 Å². The zero-order valence-corrected chi connectivity index (χ0v) is 25.2. The van der Waals surface area contributed by atoms with Crippen molar-refractivity contribution in [3.63, 3.8) is 0 Å². The molecule has 1 aliphatic rings. The molecule has 0 saturated heterocycles. The highest BCUT2D eigenvalue weighted by atomic mass is 32.2. The molecule has 224 valence electrons. The molecule has 3 aromatic carbocycles. The van der Waals surface area contributed by atoms with E-state index in [2.05, 4.69) is 5.32 Å². The lowest BCUT2D eigenvalue weighted by molar-refractivity contribution is -0.140. The van der Waals surface area contributed by atoms with E-state index < -0.39 is 28.5 Å². The normalized spacial score (nSPS) is 13.2. The van der Waals surface area contributed by atoms with Crippen molar-refractivity contribution in [2.45, 2.75) is 46.2 Å². The number of nitrogens with zero attached hydrogens (tertiary/aromatic N) is 2. The molecule has 3 aromatic rings. The van der Waals surface area contributed by atoms with Crippen LogP contribution in [0.2, 0.25) is 0 Å². The van der Waals surface area contributed by atoms with E-state index in [0.29, 0.717) is 36.9 Å². The van der Waals surface area contributed by atoms with Gasteiger partial charge in [0.2, 0.25) is 21.8 Å². The van der Waals surface area contributed by atoms with E-state index in [1.807, 2.05) is 68.4 Å². The van der Waals surface area contributed by atoms with Crippen molar-refractivity contribution >= 4 is 27.5 Å². The van der Waals surface area contributed by atoms with E-state index >= 15 is 0 Å². The first kappa shape index (κ1) is 30.9. The number of anilines is 1. The minimum atomic E-state index is -3.88. The van der Waals surface area contributed by atoms with Crippen LogP contribution < -0.4 is 19.1 Å². The van der Waals surface area contributed by atoms with Gasteiger partial charge in [0.15, 0.2) is 11.5 Å². The second-order valence-electron chi connectivity index (χ2n) is 10.2. The standard InChI is InChI=1S/C32H39N3O6S/c1-4-16-33-32(37)28(20-25-11-7-6-8-12-25)34(22-26-13-9-10-24(3)19-26)31(36)23-35(42(38,39)5-2)27-14-15-29-30(21-27)41-18-17-40-29/h6-15,19,21,28H,4-5,16-18,20,22-23H2,1-3H3,(H,33,37)/t28-/m0/s1. The second kappa shape index (κ2) is 14.2. The van der Waals surface area contributed by atoms with Gasteiger partial charge in [-0.1, -0.05) is 67.1 Å². The van der Waals surface area contributed by atoms with Gasteiger partial charge in [-0.05, 0) is 43.5 Å². The molecule has 2 amide bonds. The average molecular weight is 594 g/mol. The predicted octanol–water partition coefficient (Wildman–Crippen LogP) is 4.09. The van der Waals surface area contributed by atoms with Crippen molar-refractivity contribution in [3.8, 4) is 11.5 Å². The quantitative estimate of drug-likeness (QED) is 0.320. The maximum Gasteiger partial charge on any atom is 0.244 e. The molecule has 42 heavy (non-hydrogen) atoms. The molecule has 0 radical (unpaired) electrons. The number of sulfonamides is 1. The number of ether oxygens (including phenoxy) is 2. The Morgan fingerprint density at radius 2 is 1.62 bits per heavy atom. The van der Waals surface area contributed by atoms with Gasteiger partial charge in [0.05, 0.1) is 11.4 Å². The Labute approximate surface area is 248 Å². The third kappa shape index (κ3) is 7.82. The number of benzene rings is 3. The second-order valence-corrected chi connectivity index (χ2v) is 12.4. The lowest BCUT2D eigenvalue weighted by atomic mass is 10.0. The average Bonchev–Trinajstić information content (AvgIpc) is 3.00. The Morgan fingerprint density at radius 1 is 0.905 bits per heavy atom. The first-order valence-electron chi connectivity index (χ1n) is 14.3. The minimum absolute atomic E-state index is 0.138. The Bertz CT molecular complexity index is 1480. The number of amides is 2. The monoisotopic (exact) mass is 593 g/mol. The van der Waals surface area contributed by atoms with Crippen molar-refractivity contribution in [3.05, 3.63) is 89.5 Å². The SMILES string of the molecule is CCCNC(=O)[C@H](Cc1ccccc1)N(Cc1cccc(C)c1)C(=O)CN(c1ccc2c(c1)OCCO2)S(=O)(=O)CC. The molecule has 1 heterocycles. The molecule has 1 atom stereocenters. The Kier molecular flexibility index (Phi) is 10.5. The molecule has 0 spiro atoms. The van der Waals surface area contributed by atoms with Crippen molar-refractivity contribution in [1.82, 2.24) is 10.2 Å². The van der Waals surface area contributed by atoms with Crippen LogP contribution in [0.15, 0.2) is 72.8 Å². The van der Waals surface area contributed by atoms with E-state index in [1.54, 1.807) is 18.2 Å². The van der Waals surface area contributed by atoms with Crippen LogP contribution in [0.25, 0.3) is 0 Å². The highest BCUT2D eigenvalue weighted by Crippen LogP contribution is 2.35. The van der Waals surface area contributed by atoms with Crippen molar-refractivity contribution in [2.75, 3.05) is 36.4 Å². The third-order valence-electron chi connectivity index (χ3n) is 7.05. The summed E-state index contributed by atoms with van der Waals surface area (Å²) in [5, 5.41) is 2.95. The molecule has 0 bridgehead atoms. The molecule has 0 aliphatic carbocycles. The van der Waals surface area contributed by atoms with Gasteiger partial charge in [-0.15, -0.1) is 0 Å². The summed E-state index contributed by atoms with van der Waals surface area (Å²) in [6, 6.07) is 21.2. The fourth-order valence-corrected chi connectivity index (χ4v) is 5.89. The zero-order valence-electron chi connectivity index (χ0n) is 24.4. The zero-order chi connectivity index (χ0) is 30.1. The highest BCUT2D eigenvalue weighted by molar-refractivity contribution is 7.92. The number of hydrogen-bond acceptors (Lipinski definition) is 6.